The molecule has 0 saturated heterocycles. The van der Waals surface area contributed by atoms with E-state index in [4.69, 9.17) is 4.74 Å². The SMILES string of the molecule is Br[13c]1[13cH][13c](Br)[13c](O[13c]2[13cH][13cH][13c](Br)[13c](Br)[13c]2Br)[13cH][13c]1Br. The van der Waals surface area contributed by atoms with E-state index in [1.54, 1.807) is 0 Å². The maximum atomic E-state index is 5.92. The van der Waals surface area contributed by atoms with E-state index < -0.39 is 0 Å². The third-order valence-electron chi connectivity index (χ3n) is 2.19. The number of benzene rings is 2. The number of hydrogen-bond acceptors (Lipinski definition) is 1. The van der Waals surface area contributed by atoms with E-state index >= 15 is 0 Å². The van der Waals surface area contributed by atoms with Gasteiger partial charge in [-0.05, 0) is 120 Å². The summed E-state index contributed by atoms with van der Waals surface area (Å²) >= 11 is 20.8. The molecule has 0 N–H and O–H groups in total. The summed E-state index contributed by atoms with van der Waals surface area (Å²) in [5.74, 6) is 1.45. The Morgan fingerprint density at radius 1 is 0.579 bits per heavy atom. The van der Waals surface area contributed by atoms with Crippen LogP contribution in [0.3, 0.4) is 0 Å². The van der Waals surface area contributed by atoms with Gasteiger partial charge < -0.3 is 4.74 Å². The van der Waals surface area contributed by atoms with Gasteiger partial charge in [0.1, 0.15) is 11.5 Å². The number of hydrogen-bond donors (Lipinski definition) is 0. The maximum absolute atomic E-state index is 5.92. The molecular weight excluding hydrogens is 651 g/mol. The summed E-state index contributed by atoms with van der Waals surface area (Å²) in [5, 5.41) is 0. The summed E-state index contributed by atoms with van der Waals surface area (Å²) in [6.07, 6.45) is 0. The van der Waals surface area contributed by atoms with Crippen molar-refractivity contribution in [3.8, 4) is 11.5 Å². The molecule has 0 aliphatic carbocycles. The fourth-order valence-electron chi connectivity index (χ4n) is 1.29. The lowest BCUT2D eigenvalue weighted by Gasteiger charge is -2.12. The molecule has 0 saturated carbocycles. The predicted octanol–water partition coefficient (Wildman–Crippen LogP) is 8.05. The quantitative estimate of drug-likeness (QED) is 0.235. The van der Waals surface area contributed by atoms with Crippen LogP contribution in [-0.2, 0) is 0 Å². The molecule has 0 aliphatic rings. The first-order chi connectivity index (χ1) is 8.90. The average molecular weight is 655 g/mol. The molecule has 2 aromatic rings. The molecule has 2 aromatic carbocycles. The van der Waals surface area contributed by atoms with Crippen molar-refractivity contribution < 1.29 is 4.74 Å². The van der Waals surface area contributed by atoms with Crippen molar-refractivity contribution in [2.45, 2.75) is 0 Å². The molecule has 2 rings (SSSR count). The van der Waals surface area contributed by atoms with E-state index in [1.807, 2.05) is 24.3 Å². The van der Waals surface area contributed by atoms with Crippen molar-refractivity contribution in [1.29, 1.82) is 0 Å². The summed E-state index contributed by atoms with van der Waals surface area (Å²) < 4.78 is 11.4. The summed E-state index contributed by atoms with van der Waals surface area (Å²) in [6, 6.07) is 7.64. The summed E-state index contributed by atoms with van der Waals surface area (Å²) in [7, 11) is 0. The summed E-state index contributed by atoms with van der Waals surface area (Å²) in [6.45, 7) is 0. The van der Waals surface area contributed by atoms with Gasteiger partial charge in [-0.25, -0.2) is 0 Å². The highest BCUT2D eigenvalue weighted by atomic mass is 79.9. The fraction of sp³-hybridized carbons (Fsp3) is 0. The van der Waals surface area contributed by atoms with Crippen LogP contribution in [0.25, 0.3) is 0 Å². The molecule has 0 heterocycles. The van der Waals surface area contributed by atoms with Crippen LogP contribution in [0.5, 0.6) is 11.5 Å². The maximum Gasteiger partial charge on any atom is 0.142 e. The normalized spacial score (nSPS) is 10.6. The molecule has 0 spiro atoms. The Kier molecular flexibility index (Phi) is 6.01. The molecule has 7 heteroatoms. The van der Waals surface area contributed by atoms with Crippen molar-refractivity contribution in [2.24, 2.45) is 0 Å². The summed E-state index contributed by atoms with van der Waals surface area (Å²) in [4.78, 5) is 0. The fourth-order valence-corrected chi connectivity index (χ4v) is 4.04. The minimum absolute atomic E-state index is 0.727. The van der Waals surface area contributed by atoms with Crippen LogP contribution in [0.2, 0.25) is 0 Å². The first kappa shape index (κ1) is 16.5. The van der Waals surface area contributed by atoms with Gasteiger partial charge in [0, 0.05) is 17.9 Å². The minimum Gasteiger partial charge on any atom is -0.455 e. The van der Waals surface area contributed by atoms with Crippen molar-refractivity contribution in [1.82, 2.24) is 0 Å². The van der Waals surface area contributed by atoms with Gasteiger partial charge in [-0.1, -0.05) is 0 Å². The standard InChI is InChI=1S/C12H4Br6O/c13-5-1-2-9(12(18)11(5)17)19-10-4-7(15)6(14)3-8(10)16/h1-4H/i1+1,2+1,3+1,4+1,5+1,6+1,7+1,8+1,9+1,10+1,11+1,12+1. The van der Waals surface area contributed by atoms with E-state index in [0.29, 0.717) is 0 Å². The molecule has 19 heavy (non-hydrogen) atoms. The highest BCUT2D eigenvalue weighted by molar-refractivity contribution is 9.14. The Hall–Kier alpha value is 1.12. The average Bonchev–Trinajstić information content (AvgIpc) is 2.36. The monoisotopic (exact) mass is 650 g/mol. The Labute approximate surface area is 161 Å². The zero-order valence-electron chi connectivity index (χ0n) is 8.99. The van der Waals surface area contributed by atoms with Crippen LogP contribution in [0.1, 0.15) is 0 Å². The molecular formula is C12H4Br6O. The smallest absolute Gasteiger partial charge is 0.142 e. The second kappa shape index (κ2) is 6.92. The van der Waals surface area contributed by atoms with Crippen LogP contribution in [0.4, 0.5) is 0 Å². The molecule has 0 unspecified atom stereocenters. The molecule has 0 amide bonds. The largest absolute Gasteiger partial charge is 0.455 e. The molecule has 0 bridgehead atoms. The predicted molar refractivity (Wildman–Crippen MR) is 99.2 cm³/mol. The Morgan fingerprint density at radius 3 is 1.89 bits per heavy atom. The number of ether oxygens (including phenoxy) is 1. The molecule has 0 aromatic heterocycles. The minimum atomic E-state index is 0.727. The first-order valence-corrected chi connectivity index (χ1v) is 9.62. The Balaban J connectivity index is 2.42. The van der Waals surface area contributed by atoms with E-state index in [2.05, 4.69) is 95.6 Å². The second-order valence-corrected chi connectivity index (χ2v) is 8.48. The van der Waals surface area contributed by atoms with Crippen molar-refractivity contribution >= 4 is 95.6 Å². The van der Waals surface area contributed by atoms with Crippen molar-refractivity contribution in [3.63, 3.8) is 0 Å². The summed E-state index contributed by atoms with van der Waals surface area (Å²) in [5.41, 5.74) is 0. The zero-order chi connectivity index (χ0) is 14.2. The second-order valence-electron chi connectivity index (χ2n) is 3.47. The van der Waals surface area contributed by atoms with E-state index in [0.717, 1.165) is 38.3 Å². The third kappa shape index (κ3) is 3.86. The van der Waals surface area contributed by atoms with Crippen molar-refractivity contribution in [3.05, 3.63) is 51.1 Å². The molecule has 0 aliphatic heterocycles. The van der Waals surface area contributed by atoms with Crippen molar-refractivity contribution in [2.75, 3.05) is 0 Å². The van der Waals surface area contributed by atoms with E-state index in [-0.39, 0.29) is 0 Å². The van der Waals surface area contributed by atoms with Gasteiger partial charge in [-0.15, -0.1) is 0 Å². The Morgan fingerprint density at radius 2 is 1.21 bits per heavy atom. The zero-order valence-corrected chi connectivity index (χ0v) is 18.5. The van der Waals surface area contributed by atoms with E-state index in [9.17, 15) is 0 Å². The van der Waals surface area contributed by atoms with Crippen LogP contribution < -0.4 is 4.74 Å². The molecule has 0 radical (unpaired) electrons. The highest BCUT2D eigenvalue weighted by Gasteiger charge is 2.12. The Bertz CT molecular complexity index is 641. The lowest BCUT2D eigenvalue weighted by molar-refractivity contribution is 0.475. The van der Waals surface area contributed by atoms with Gasteiger partial charge in [0.2, 0.25) is 0 Å². The topological polar surface area (TPSA) is 9.23 Å². The number of rotatable bonds is 2. The van der Waals surface area contributed by atoms with Crippen LogP contribution in [0, 0.1) is 0 Å². The molecule has 1 nitrogen and oxygen atoms in total. The lowest BCUT2D eigenvalue weighted by atomic mass is 11.3. The lowest BCUT2D eigenvalue weighted by Crippen LogP contribution is -1.88. The van der Waals surface area contributed by atoms with E-state index in [1.165, 1.54) is 0 Å². The number of halogens is 6. The van der Waals surface area contributed by atoms with Crippen LogP contribution >= 0.6 is 95.6 Å². The van der Waals surface area contributed by atoms with Gasteiger partial charge in [0.15, 0.2) is 0 Å². The first-order valence-electron chi connectivity index (χ1n) is 4.86. The van der Waals surface area contributed by atoms with Gasteiger partial charge in [0.05, 0.1) is 8.95 Å². The molecule has 0 fully saturated rings. The van der Waals surface area contributed by atoms with Gasteiger partial charge in [-0.3, -0.25) is 0 Å². The highest BCUT2D eigenvalue weighted by Crippen LogP contribution is 2.42. The van der Waals surface area contributed by atoms with Crippen LogP contribution in [-0.4, -0.2) is 0 Å². The van der Waals surface area contributed by atoms with Gasteiger partial charge >= 0.3 is 0 Å². The molecule has 100 valence electrons. The van der Waals surface area contributed by atoms with Gasteiger partial charge in [-0.2, -0.15) is 0 Å². The molecule has 0 atom stereocenters. The third-order valence-corrected chi connectivity index (χ3v) is 7.99. The van der Waals surface area contributed by atoms with Gasteiger partial charge in [0.25, 0.3) is 0 Å². The van der Waals surface area contributed by atoms with Crippen LogP contribution in [0.15, 0.2) is 51.1 Å².